The maximum absolute atomic E-state index is 13.6. The van der Waals surface area contributed by atoms with Gasteiger partial charge in [0.15, 0.2) is 11.5 Å². The minimum Gasteiger partial charge on any atom is -0.454 e. The number of benzene rings is 1. The average Bonchev–Trinajstić information content (AvgIpc) is 3.51. The predicted octanol–water partition coefficient (Wildman–Crippen LogP) is 4.93. The van der Waals surface area contributed by atoms with E-state index in [1.165, 1.54) is 11.3 Å². The van der Waals surface area contributed by atoms with Crippen LogP contribution in [0, 0.1) is 5.92 Å². The Morgan fingerprint density at radius 1 is 1.14 bits per heavy atom. The number of aliphatic imine (C=N–C) groups is 1. The van der Waals surface area contributed by atoms with Gasteiger partial charge >= 0.3 is 0 Å². The molecule has 4 rings (SSSR count). The third-order valence-corrected chi connectivity index (χ3v) is 7.85. The number of likely N-dealkylation sites (tertiary alicyclic amines) is 1. The maximum atomic E-state index is 13.6. The number of ether oxygens (including phenoxy) is 2. The third-order valence-electron chi connectivity index (χ3n) is 7.85. The van der Waals surface area contributed by atoms with Gasteiger partial charge in [0.25, 0.3) is 0 Å². The largest absolute Gasteiger partial charge is 0.454 e. The van der Waals surface area contributed by atoms with Crippen molar-refractivity contribution in [2.24, 2.45) is 10.9 Å². The van der Waals surface area contributed by atoms with Crippen molar-refractivity contribution in [3.63, 3.8) is 0 Å². The summed E-state index contributed by atoms with van der Waals surface area (Å²) in [6.45, 7) is 8.82. The zero-order valence-corrected chi connectivity index (χ0v) is 23.3. The molecule has 0 aliphatic carbocycles. The Morgan fingerprint density at radius 3 is 2.73 bits per heavy atom. The topological polar surface area (TPSA) is 57.6 Å². The second kappa shape index (κ2) is 13.4. The summed E-state index contributed by atoms with van der Waals surface area (Å²) in [5.41, 5.74) is 2.48. The van der Waals surface area contributed by atoms with Crippen LogP contribution >= 0.6 is 0 Å². The molecule has 0 radical (unpaired) electrons. The van der Waals surface area contributed by atoms with Crippen molar-refractivity contribution in [2.45, 2.75) is 70.8 Å². The number of unbranched alkanes of at least 4 members (excludes halogenated alkanes) is 1. The van der Waals surface area contributed by atoms with Gasteiger partial charge in [-0.25, -0.2) is 0 Å². The van der Waals surface area contributed by atoms with E-state index in [2.05, 4.69) is 72.1 Å². The van der Waals surface area contributed by atoms with E-state index in [1.54, 1.807) is 0 Å². The van der Waals surface area contributed by atoms with Crippen molar-refractivity contribution < 1.29 is 14.3 Å². The normalized spacial score (nSPS) is 23.1. The molecule has 204 valence electrons. The lowest BCUT2D eigenvalue weighted by Gasteiger charge is -2.29. The number of carbonyl (C=O) groups excluding carboxylic acids is 1. The van der Waals surface area contributed by atoms with Crippen LogP contribution in [0.4, 0.5) is 0 Å². The van der Waals surface area contributed by atoms with Crippen molar-refractivity contribution >= 4 is 12.1 Å². The summed E-state index contributed by atoms with van der Waals surface area (Å²) >= 11 is 0. The fraction of sp³-hybridized carbons (Fsp3) is 0.667. The third kappa shape index (κ3) is 7.81. The SMILES string of the molecule is CCCCN(CCCN(C)C)C(=O)CN1C[C@H](c2ccc3c(c2)OCO3)C[C@@H]1CCC1=CC(C)CC=N1. The standard InChI is InChI=1S/C30H46N4O3/c1-5-6-15-33(16-7-14-32(3)4)30(35)21-34-20-25(24-8-11-28-29(19-24)37-22-36-28)18-27(34)10-9-26-17-23(2)12-13-31-26/h8,11,13,17,19,23,25,27H,5-7,9-10,12,14-16,18,20-22H2,1-4H3/t23?,25-,27+/m1/s1. The highest BCUT2D eigenvalue weighted by molar-refractivity contribution is 5.78. The maximum Gasteiger partial charge on any atom is 0.236 e. The van der Waals surface area contributed by atoms with Gasteiger partial charge in [-0.1, -0.05) is 32.4 Å². The van der Waals surface area contributed by atoms with E-state index in [-0.39, 0.29) is 5.91 Å². The Bertz CT molecular complexity index is 960. The van der Waals surface area contributed by atoms with E-state index < -0.39 is 0 Å². The molecule has 1 unspecified atom stereocenters. The Hall–Kier alpha value is -2.38. The summed E-state index contributed by atoms with van der Waals surface area (Å²) in [7, 11) is 4.19. The van der Waals surface area contributed by atoms with Gasteiger partial charge in [0.1, 0.15) is 0 Å². The van der Waals surface area contributed by atoms with Crippen LogP contribution in [-0.2, 0) is 4.79 Å². The predicted molar refractivity (Wildman–Crippen MR) is 150 cm³/mol. The summed E-state index contributed by atoms with van der Waals surface area (Å²) in [5.74, 6) is 2.88. The van der Waals surface area contributed by atoms with Gasteiger partial charge in [0, 0.05) is 37.6 Å². The van der Waals surface area contributed by atoms with E-state index in [4.69, 9.17) is 9.47 Å². The zero-order valence-electron chi connectivity index (χ0n) is 23.3. The number of allylic oxidation sites excluding steroid dienone is 2. The second-order valence-electron chi connectivity index (χ2n) is 11.2. The van der Waals surface area contributed by atoms with Crippen LogP contribution < -0.4 is 9.47 Å². The van der Waals surface area contributed by atoms with Crippen molar-refractivity contribution in [3.8, 4) is 11.5 Å². The lowest BCUT2D eigenvalue weighted by Crippen LogP contribution is -2.43. The molecule has 7 nitrogen and oxygen atoms in total. The Balaban J connectivity index is 1.44. The fourth-order valence-electron chi connectivity index (χ4n) is 5.69. The van der Waals surface area contributed by atoms with Crippen LogP contribution in [0.1, 0.15) is 70.3 Å². The molecule has 3 aliphatic heterocycles. The van der Waals surface area contributed by atoms with Gasteiger partial charge in [0.2, 0.25) is 12.7 Å². The first-order chi connectivity index (χ1) is 17.9. The lowest BCUT2D eigenvalue weighted by molar-refractivity contribution is -0.132. The fourth-order valence-corrected chi connectivity index (χ4v) is 5.69. The van der Waals surface area contributed by atoms with Crippen molar-refractivity contribution in [3.05, 3.63) is 35.5 Å². The van der Waals surface area contributed by atoms with Gasteiger partial charge < -0.3 is 19.3 Å². The van der Waals surface area contributed by atoms with Crippen LogP contribution in [0.2, 0.25) is 0 Å². The molecule has 0 bridgehead atoms. The molecule has 0 saturated carbocycles. The molecule has 0 N–H and O–H groups in total. The molecule has 1 fully saturated rings. The number of carbonyl (C=O) groups is 1. The second-order valence-corrected chi connectivity index (χ2v) is 11.2. The van der Waals surface area contributed by atoms with Gasteiger partial charge in [0.05, 0.1) is 6.54 Å². The smallest absolute Gasteiger partial charge is 0.236 e. The van der Waals surface area contributed by atoms with E-state index >= 15 is 0 Å². The molecule has 0 spiro atoms. The highest BCUT2D eigenvalue weighted by Gasteiger charge is 2.35. The van der Waals surface area contributed by atoms with Gasteiger partial charge in [-0.15, -0.1) is 0 Å². The first kappa shape index (κ1) is 27.6. The summed E-state index contributed by atoms with van der Waals surface area (Å²) in [5, 5.41) is 0. The van der Waals surface area contributed by atoms with Crippen LogP contribution in [0.15, 0.2) is 35.0 Å². The summed E-state index contributed by atoms with van der Waals surface area (Å²) in [6, 6.07) is 6.70. The van der Waals surface area contributed by atoms with Crippen LogP contribution in [-0.4, -0.2) is 86.5 Å². The molecule has 1 aromatic rings. The number of amides is 1. The summed E-state index contributed by atoms with van der Waals surface area (Å²) < 4.78 is 11.2. The molecule has 1 saturated heterocycles. The first-order valence-corrected chi connectivity index (χ1v) is 14.2. The Labute approximate surface area is 223 Å². The molecule has 37 heavy (non-hydrogen) atoms. The monoisotopic (exact) mass is 510 g/mol. The van der Waals surface area contributed by atoms with E-state index in [0.717, 1.165) is 82.6 Å². The molecule has 0 aromatic heterocycles. The highest BCUT2D eigenvalue weighted by atomic mass is 16.7. The summed E-state index contributed by atoms with van der Waals surface area (Å²) in [6.07, 6.45) is 11.6. The molecular weight excluding hydrogens is 464 g/mol. The van der Waals surface area contributed by atoms with Gasteiger partial charge in [-0.05, 0) is 88.7 Å². The molecule has 3 aliphatic rings. The van der Waals surface area contributed by atoms with Gasteiger partial charge in [-0.2, -0.15) is 0 Å². The lowest BCUT2D eigenvalue weighted by atomic mass is 9.94. The van der Waals surface area contributed by atoms with E-state index in [0.29, 0.717) is 31.2 Å². The molecule has 1 aromatic carbocycles. The molecular formula is C30H46N4O3. The van der Waals surface area contributed by atoms with Crippen molar-refractivity contribution in [1.82, 2.24) is 14.7 Å². The van der Waals surface area contributed by atoms with Crippen molar-refractivity contribution in [1.29, 1.82) is 0 Å². The minimum absolute atomic E-state index is 0.270. The number of hydrogen-bond acceptors (Lipinski definition) is 6. The summed E-state index contributed by atoms with van der Waals surface area (Å²) in [4.78, 5) is 25.0. The zero-order chi connectivity index (χ0) is 26.2. The van der Waals surface area contributed by atoms with Crippen LogP contribution in [0.5, 0.6) is 11.5 Å². The number of fused-ring (bicyclic) bond motifs is 1. The van der Waals surface area contributed by atoms with E-state index in [1.807, 2.05) is 6.07 Å². The van der Waals surface area contributed by atoms with E-state index in [9.17, 15) is 4.79 Å². The number of hydrogen-bond donors (Lipinski definition) is 0. The molecule has 3 atom stereocenters. The molecule has 1 amide bonds. The van der Waals surface area contributed by atoms with Crippen LogP contribution in [0.3, 0.4) is 0 Å². The van der Waals surface area contributed by atoms with Crippen molar-refractivity contribution in [2.75, 3.05) is 53.6 Å². The highest BCUT2D eigenvalue weighted by Crippen LogP contribution is 2.39. The van der Waals surface area contributed by atoms with Gasteiger partial charge in [-0.3, -0.25) is 14.7 Å². The minimum atomic E-state index is 0.270. The Kier molecular flexibility index (Phi) is 10.0. The quantitative estimate of drug-likeness (QED) is 0.377. The van der Waals surface area contributed by atoms with Crippen LogP contribution in [0.25, 0.3) is 0 Å². The average molecular weight is 511 g/mol. The number of rotatable bonds is 13. The first-order valence-electron chi connectivity index (χ1n) is 14.2. The number of nitrogens with zero attached hydrogens (tertiary/aromatic N) is 4. The Morgan fingerprint density at radius 2 is 1.95 bits per heavy atom. The molecule has 7 heteroatoms. The molecule has 3 heterocycles.